The van der Waals surface area contributed by atoms with E-state index in [0.717, 1.165) is 16.2 Å². The lowest BCUT2D eigenvalue weighted by Crippen LogP contribution is -2.33. The molecule has 2 aliphatic rings. The second kappa shape index (κ2) is 6.05. The molecule has 1 saturated carbocycles. The number of amides is 1. The molecule has 0 N–H and O–H groups in total. The summed E-state index contributed by atoms with van der Waals surface area (Å²) in [6.45, 7) is 6.67. The average molecular weight is 358 g/mol. The van der Waals surface area contributed by atoms with Gasteiger partial charge in [0.1, 0.15) is 5.60 Å². The molecule has 6 nitrogen and oxygen atoms in total. The first-order chi connectivity index (χ1) is 11.9. The van der Waals surface area contributed by atoms with Gasteiger partial charge in [-0.3, -0.25) is 9.88 Å². The smallest absolute Gasteiger partial charge is 0.410 e. The van der Waals surface area contributed by atoms with Gasteiger partial charge < -0.3 is 4.74 Å². The Bertz CT molecular complexity index is 767. The fraction of sp³-hybridized carbons (Fsp3) is 0.500. The van der Waals surface area contributed by atoms with Crippen molar-refractivity contribution in [3.8, 4) is 0 Å². The Morgan fingerprint density at radius 2 is 2.08 bits per heavy atom. The minimum absolute atomic E-state index is 0.287. The lowest BCUT2D eigenvalue weighted by molar-refractivity contribution is 0.0239. The molecule has 0 unspecified atom stereocenters. The van der Waals surface area contributed by atoms with E-state index in [-0.39, 0.29) is 6.09 Å². The van der Waals surface area contributed by atoms with E-state index in [4.69, 9.17) is 4.74 Å². The molecule has 0 aromatic carbocycles. The molecule has 132 valence electrons. The summed E-state index contributed by atoms with van der Waals surface area (Å²) in [5.41, 5.74) is 2.72. The van der Waals surface area contributed by atoms with Gasteiger partial charge in [0.2, 0.25) is 0 Å². The molecule has 1 aliphatic heterocycles. The highest BCUT2D eigenvalue weighted by Gasteiger charge is 2.30. The Labute approximate surface area is 151 Å². The van der Waals surface area contributed by atoms with Gasteiger partial charge in [-0.2, -0.15) is 5.10 Å². The van der Waals surface area contributed by atoms with Crippen LogP contribution in [-0.4, -0.2) is 30.8 Å². The Hall–Kier alpha value is -2.02. The van der Waals surface area contributed by atoms with Crippen LogP contribution in [0.3, 0.4) is 0 Å². The number of hydrogen-bond donors (Lipinski definition) is 0. The second-order valence-corrected chi connectivity index (χ2v) is 8.65. The number of hydrogen-bond acceptors (Lipinski definition) is 5. The summed E-state index contributed by atoms with van der Waals surface area (Å²) < 4.78 is 7.27. The van der Waals surface area contributed by atoms with Crippen LogP contribution in [0.2, 0.25) is 0 Å². The van der Waals surface area contributed by atoms with E-state index in [1.807, 2.05) is 37.3 Å². The van der Waals surface area contributed by atoms with E-state index in [0.29, 0.717) is 19.0 Å². The number of carbonyl (C=O) groups excluding carboxylic acids is 1. The summed E-state index contributed by atoms with van der Waals surface area (Å²) in [5.74, 6) is 0.673. The van der Waals surface area contributed by atoms with E-state index < -0.39 is 5.60 Å². The van der Waals surface area contributed by atoms with E-state index in [1.165, 1.54) is 18.5 Å². The highest BCUT2D eigenvalue weighted by atomic mass is 32.2. The van der Waals surface area contributed by atoms with Gasteiger partial charge in [-0.1, -0.05) is 0 Å². The molecule has 0 atom stereocenters. The van der Waals surface area contributed by atoms with Crippen LogP contribution in [0.15, 0.2) is 29.4 Å². The quantitative estimate of drug-likeness (QED) is 0.831. The van der Waals surface area contributed by atoms with E-state index >= 15 is 0 Å². The van der Waals surface area contributed by atoms with Crippen molar-refractivity contribution in [2.45, 2.75) is 63.1 Å². The molecule has 0 bridgehead atoms. The number of fused-ring (bicyclic) bond motifs is 1. The van der Waals surface area contributed by atoms with E-state index in [1.54, 1.807) is 16.8 Å². The summed E-state index contributed by atoms with van der Waals surface area (Å²) in [6.07, 6.45) is 6.14. The molecule has 25 heavy (non-hydrogen) atoms. The standard InChI is InChI=1S/C18H22N4O2S/c1-18(2,3)24-17(23)21-9-13-10-22(20-16(13)11-21)25-14-6-7-15(19-8-14)12-4-5-12/h6-8,10,12H,4-5,9,11H2,1-3H3. The minimum Gasteiger partial charge on any atom is -0.444 e. The first-order valence-electron chi connectivity index (χ1n) is 8.57. The van der Waals surface area contributed by atoms with Crippen molar-refractivity contribution in [3.63, 3.8) is 0 Å². The molecule has 4 rings (SSSR count). The number of carbonyl (C=O) groups is 1. The number of ether oxygens (including phenoxy) is 1. The van der Waals surface area contributed by atoms with Crippen LogP contribution in [0.25, 0.3) is 0 Å². The van der Waals surface area contributed by atoms with Crippen molar-refractivity contribution in [3.05, 3.63) is 41.5 Å². The maximum absolute atomic E-state index is 12.2. The van der Waals surface area contributed by atoms with Crippen LogP contribution in [0, 0.1) is 0 Å². The summed E-state index contributed by atoms with van der Waals surface area (Å²) in [7, 11) is 0. The Kier molecular flexibility index (Phi) is 3.98. The first-order valence-corrected chi connectivity index (χ1v) is 9.34. The van der Waals surface area contributed by atoms with Crippen molar-refractivity contribution in [1.29, 1.82) is 0 Å². The predicted molar refractivity (Wildman–Crippen MR) is 95.2 cm³/mol. The van der Waals surface area contributed by atoms with Crippen molar-refractivity contribution >= 4 is 18.0 Å². The van der Waals surface area contributed by atoms with Crippen LogP contribution in [0.1, 0.15) is 56.5 Å². The van der Waals surface area contributed by atoms with Gasteiger partial charge >= 0.3 is 6.09 Å². The third-order valence-corrected chi connectivity index (χ3v) is 4.99. The molecular weight excluding hydrogens is 336 g/mol. The van der Waals surface area contributed by atoms with E-state index in [2.05, 4.69) is 22.2 Å². The minimum atomic E-state index is -0.480. The fourth-order valence-corrected chi connectivity index (χ4v) is 3.57. The van der Waals surface area contributed by atoms with Crippen LogP contribution >= 0.6 is 11.9 Å². The Morgan fingerprint density at radius 3 is 2.68 bits per heavy atom. The number of rotatable bonds is 3. The molecule has 1 aliphatic carbocycles. The molecule has 1 amide bonds. The first kappa shape index (κ1) is 16.4. The van der Waals surface area contributed by atoms with Crippen molar-refractivity contribution < 1.29 is 9.53 Å². The molecule has 0 spiro atoms. The zero-order chi connectivity index (χ0) is 17.6. The fourth-order valence-electron chi connectivity index (χ4n) is 2.80. The van der Waals surface area contributed by atoms with Gasteiger partial charge in [0, 0.05) is 46.4 Å². The maximum Gasteiger partial charge on any atom is 0.410 e. The summed E-state index contributed by atoms with van der Waals surface area (Å²) in [4.78, 5) is 19.4. The molecule has 2 aromatic heterocycles. The third kappa shape index (κ3) is 3.81. The van der Waals surface area contributed by atoms with Crippen LogP contribution < -0.4 is 0 Å². The van der Waals surface area contributed by atoms with Gasteiger partial charge in [0.15, 0.2) is 0 Å². The molecule has 1 fully saturated rings. The molecule has 0 saturated heterocycles. The highest BCUT2D eigenvalue weighted by molar-refractivity contribution is 7.97. The largest absolute Gasteiger partial charge is 0.444 e. The van der Waals surface area contributed by atoms with Crippen molar-refractivity contribution in [2.24, 2.45) is 0 Å². The monoisotopic (exact) mass is 358 g/mol. The van der Waals surface area contributed by atoms with E-state index in [9.17, 15) is 4.79 Å². The van der Waals surface area contributed by atoms with Crippen molar-refractivity contribution in [2.75, 3.05) is 0 Å². The summed E-state index contributed by atoms with van der Waals surface area (Å²) in [6, 6.07) is 4.21. The number of pyridine rings is 1. The van der Waals surface area contributed by atoms with Gasteiger partial charge in [-0.05, 0) is 45.7 Å². The molecule has 0 radical (unpaired) electrons. The summed E-state index contributed by atoms with van der Waals surface area (Å²) >= 11 is 1.54. The SMILES string of the molecule is CC(C)(C)OC(=O)N1Cc2cn(Sc3ccc(C4CC4)nc3)nc2C1. The van der Waals surface area contributed by atoms with Crippen LogP contribution in [0.4, 0.5) is 4.79 Å². The lowest BCUT2D eigenvalue weighted by Gasteiger charge is -2.24. The molecule has 7 heteroatoms. The summed E-state index contributed by atoms with van der Waals surface area (Å²) in [5, 5.41) is 4.59. The third-order valence-electron chi connectivity index (χ3n) is 4.16. The topological polar surface area (TPSA) is 60.2 Å². The van der Waals surface area contributed by atoms with Gasteiger partial charge in [-0.15, -0.1) is 0 Å². The molecular formula is C18H22N4O2S. The predicted octanol–water partition coefficient (Wildman–Crippen LogP) is 3.96. The van der Waals surface area contributed by atoms with Gasteiger partial charge in [-0.25, -0.2) is 8.88 Å². The Balaban J connectivity index is 1.38. The van der Waals surface area contributed by atoms with Gasteiger partial charge in [0.25, 0.3) is 0 Å². The van der Waals surface area contributed by atoms with Crippen LogP contribution in [-0.2, 0) is 17.8 Å². The highest BCUT2D eigenvalue weighted by Crippen LogP contribution is 2.39. The number of nitrogens with zero attached hydrogens (tertiary/aromatic N) is 4. The average Bonchev–Trinajstić information content (AvgIpc) is 3.19. The van der Waals surface area contributed by atoms with Crippen LogP contribution in [0.5, 0.6) is 0 Å². The van der Waals surface area contributed by atoms with Crippen molar-refractivity contribution in [1.82, 2.24) is 19.1 Å². The number of aromatic nitrogens is 3. The second-order valence-electron chi connectivity index (χ2n) is 7.62. The zero-order valence-corrected chi connectivity index (χ0v) is 15.5. The maximum atomic E-state index is 12.2. The lowest BCUT2D eigenvalue weighted by atomic mass is 10.2. The molecule has 3 heterocycles. The zero-order valence-electron chi connectivity index (χ0n) is 14.7. The van der Waals surface area contributed by atoms with Gasteiger partial charge in [0.05, 0.1) is 18.8 Å². The molecule has 2 aromatic rings. The normalized spacial score (nSPS) is 16.8. The Morgan fingerprint density at radius 1 is 1.28 bits per heavy atom.